The lowest BCUT2D eigenvalue weighted by molar-refractivity contribution is -0.0843. The maximum absolute atomic E-state index is 10.1. The molecule has 1 spiro atoms. The fourth-order valence-electron chi connectivity index (χ4n) is 4.18. The minimum absolute atomic E-state index is 0.129. The molecule has 0 radical (unpaired) electrons. The van der Waals surface area contributed by atoms with E-state index in [9.17, 15) is 5.11 Å². The van der Waals surface area contributed by atoms with Gasteiger partial charge in [0.15, 0.2) is 11.5 Å². The van der Waals surface area contributed by atoms with Crippen molar-refractivity contribution in [2.75, 3.05) is 20.7 Å². The first kappa shape index (κ1) is 18.0. The molecule has 0 saturated carbocycles. The number of ether oxygens (including phenoxy) is 2. The Kier molecular flexibility index (Phi) is 4.63. The molecule has 26 heavy (non-hydrogen) atoms. The predicted molar refractivity (Wildman–Crippen MR) is 104 cm³/mol. The first-order valence-corrected chi connectivity index (χ1v) is 9.77. The van der Waals surface area contributed by atoms with Crippen LogP contribution >= 0.6 is 28.1 Å². The SMILES string of the molecule is CNC(=S)ON1CC[C@]23C=C[C@@H](O)C[C@H]2Oc2c(OC)cc(Br)c(c23)C1. The molecule has 0 unspecified atom stereocenters. The fourth-order valence-corrected chi connectivity index (χ4v) is 4.81. The molecule has 0 aromatic heterocycles. The summed E-state index contributed by atoms with van der Waals surface area (Å²) in [7, 11) is 3.39. The van der Waals surface area contributed by atoms with Gasteiger partial charge in [0.05, 0.1) is 25.2 Å². The lowest BCUT2D eigenvalue weighted by Gasteiger charge is -2.35. The summed E-state index contributed by atoms with van der Waals surface area (Å²) in [6.07, 6.45) is 4.71. The van der Waals surface area contributed by atoms with Crippen molar-refractivity contribution in [3.05, 3.63) is 33.8 Å². The molecule has 0 fully saturated rings. The molecule has 0 amide bonds. The van der Waals surface area contributed by atoms with Gasteiger partial charge < -0.3 is 24.7 Å². The van der Waals surface area contributed by atoms with E-state index in [-0.39, 0.29) is 11.5 Å². The Morgan fingerprint density at radius 3 is 3.08 bits per heavy atom. The summed E-state index contributed by atoms with van der Waals surface area (Å²) in [6.45, 7) is 1.26. The van der Waals surface area contributed by atoms with E-state index >= 15 is 0 Å². The zero-order valence-electron chi connectivity index (χ0n) is 14.6. The third-order valence-electron chi connectivity index (χ3n) is 5.42. The molecule has 4 rings (SSSR count). The van der Waals surface area contributed by atoms with Crippen LogP contribution in [-0.4, -0.2) is 48.3 Å². The van der Waals surface area contributed by atoms with Crippen molar-refractivity contribution in [2.45, 2.75) is 37.0 Å². The van der Waals surface area contributed by atoms with Gasteiger partial charge in [0.25, 0.3) is 5.17 Å². The average Bonchev–Trinajstić information content (AvgIpc) is 2.86. The van der Waals surface area contributed by atoms with E-state index < -0.39 is 6.10 Å². The molecule has 1 aliphatic carbocycles. The number of methoxy groups -OCH3 is 1. The molecule has 3 atom stereocenters. The van der Waals surface area contributed by atoms with Gasteiger partial charge in [-0.05, 0) is 30.3 Å². The van der Waals surface area contributed by atoms with Crippen molar-refractivity contribution in [3.8, 4) is 11.5 Å². The maximum atomic E-state index is 10.1. The number of hydroxylamine groups is 2. The normalized spacial score (nSPS) is 29.2. The highest BCUT2D eigenvalue weighted by Crippen LogP contribution is 2.57. The molecule has 2 heterocycles. The van der Waals surface area contributed by atoms with E-state index in [1.54, 1.807) is 14.2 Å². The summed E-state index contributed by atoms with van der Waals surface area (Å²) in [6, 6.07) is 1.93. The third-order valence-corrected chi connectivity index (χ3v) is 6.40. The zero-order valence-corrected chi connectivity index (χ0v) is 17.0. The van der Waals surface area contributed by atoms with Crippen molar-refractivity contribution in [1.29, 1.82) is 0 Å². The summed E-state index contributed by atoms with van der Waals surface area (Å²) in [4.78, 5) is 5.79. The Bertz CT molecular complexity index is 787. The lowest BCUT2D eigenvalue weighted by Crippen LogP contribution is -2.43. The molecule has 6 nitrogen and oxygen atoms in total. The molecule has 2 aliphatic heterocycles. The monoisotopic (exact) mass is 440 g/mol. The van der Waals surface area contributed by atoms with E-state index in [0.717, 1.165) is 27.8 Å². The number of benzene rings is 1. The Morgan fingerprint density at radius 1 is 1.54 bits per heavy atom. The topological polar surface area (TPSA) is 63.2 Å². The van der Waals surface area contributed by atoms with Gasteiger partial charge in [-0.1, -0.05) is 28.1 Å². The molecule has 3 aliphatic rings. The van der Waals surface area contributed by atoms with Crippen LogP contribution in [0.5, 0.6) is 11.5 Å². The molecule has 0 bridgehead atoms. The van der Waals surface area contributed by atoms with Crippen LogP contribution in [0.4, 0.5) is 0 Å². The number of hydrogen-bond donors (Lipinski definition) is 2. The number of aliphatic hydroxyl groups excluding tert-OH is 1. The van der Waals surface area contributed by atoms with Crippen molar-refractivity contribution >= 4 is 33.3 Å². The minimum Gasteiger partial charge on any atom is -0.493 e. The van der Waals surface area contributed by atoms with Gasteiger partial charge in [-0.3, -0.25) is 0 Å². The van der Waals surface area contributed by atoms with Crippen molar-refractivity contribution in [1.82, 2.24) is 10.4 Å². The Balaban J connectivity index is 1.85. The third kappa shape index (κ3) is 2.70. The van der Waals surface area contributed by atoms with Gasteiger partial charge in [0.2, 0.25) is 0 Å². The molecular weight excluding hydrogens is 420 g/mol. The summed E-state index contributed by atoms with van der Waals surface area (Å²) in [5, 5.41) is 15.2. The van der Waals surface area contributed by atoms with Crippen LogP contribution in [0.25, 0.3) is 0 Å². The second-order valence-corrected chi connectivity index (χ2v) is 8.02. The number of hydrogen-bond acceptors (Lipinski definition) is 6. The van der Waals surface area contributed by atoms with Crippen LogP contribution in [0.2, 0.25) is 0 Å². The summed E-state index contributed by atoms with van der Waals surface area (Å²) in [5.74, 6) is 1.47. The highest BCUT2D eigenvalue weighted by atomic mass is 79.9. The summed E-state index contributed by atoms with van der Waals surface area (Å²) in [5.41, 5.74) is 1.92. The van der Waals surface area contributed by atoms with Crippen LogP contribution in [0.15, 0.2) is 22.7 Å². The zero-order chi connectivity index (χ0) is 18.5. The summed E-state index contributed by atoms with van der Waals surface area (Å²) >= 11 is 8.86. The van der Waals surface area contributed by atoms with E-state index in [1.807, 2.05) is 17.2 Å². The highest BCUT2D eigenvalue weighted by Gasteiger charge is 2.53. The molecule has 2 N–H and O–H groups in total. The first-order valence-electron chi connectivity index (χ1n) is 8.57. The van der Waals surface area contributed by atoms with Gasteiger partial charge in [0.1, 0.15) is 6.10 Å². The molecule has 1 aromatic rings. The quantitative estimate of drug-likeness (QED) is 0.540. The van der Waals surface area contributed by atoms with Crippen molar-refractivity contribution in [2.24, 2.45) is 0 Å². The largest absolute Gasteiger partial charge is 0.493 e. The number of rotatable bonds is 2. The van der Waals surface area contributed by atoms with Crippen LogP contribution in [0.1, 0.15) is 24.0 Å². The molecule has 140 valence electrons. The van der Waals surface area contributed by atoms with E-state index in [0.29, 0.717) is 30.4 Å². The number of nitrogens with zero attached hydrogens (tertiary/aromatic N) is 1. The van der Waals surface area contributed by atoms with Crippen LogP contribution < -0.4 is 14.8 Å². The van der Waals surface area contributed by atoms with Crippen LogP contribution in [0.3, 0.4) is 0 Å². The van der Waals surface area contributed by atoms with E-state index in [2.05, 4.69) is 27.3 Å². The Morgan fingerprint density at radius 2 is 2.35 bits per heavy atom. The van der Waals surface area contributed by atoms with Gasteiger partial charge in [-0.2, -0.15) is 0 Å². The molecule has 1 aromatic carbocycles. The van der Waals surface area contributed by atoms with E-state index in [4.69, 9.17) is 26.5 Å². The van der Waals surface area contributed by atoms with Gasteiger partial charge >= 0.3 is 0 Å². The second-order valence-electron chi connectivity index (χ2n) is 6.79. The highest BCUT2D eigenvalue weighted by molar-refractivity contribution is 9.10. The van der Waals surface area contributed by atoms with Crippen LogP contribution in [0, 0.1) is 0 Å². The first-order chi connectivity index (χ1) is 12.5. The summed E-state index contributed by atoms with van der Waals surface area (Å²) < 4.78 is 12.8. The maximum Gasteiger partial charge on any atom is 0.278 e. The Hall–Kier alpha value is -1.35. The molecule has 8 heteroatoms. The number of halogens is 1. The van der Waals surface area contributed by atoms with Gasteiger partial charge in [0, 0.05) is 30.0 Å². The van der Waals surface area contributed by atoms with Crippen molar-refractivity contribution in [3.63, 3.8) is 0 Å². The average molecular weight is 441 g/mol. The van der Waals surface area contributed by atoms with Crippen molar-refractivity contribution < 1.29 is 19.4 Å². The molecular formula is C18H21BrN2O4S. The minimum atomic E-state index is -0.495. The van der Waals surface area contributed by atoms with Crippen LogP contribution in [-0.2, 0) is 16.8 Å². The number of nitrogens with one attached hydrogen (secondary N) is 1. The molecule has 0 saturated heterocycles. The van der Waals surface area contributed by atoms with Gasteiger partial charge in [-0.25, -0.2) is 0 Å². The van der Waals surface area contributed by atoms with Gasteiger partial charge in [-0.15, -0.1) is 5.06 Å². The number of aliphatic hydroxyl groups is 1. The lowest BCUT2D eigenvalue weighted by atomic mass is 9.69. The smallest absolute Gasteiger partial charge is 0.278 e. The standard InChI is InChI=1S/C18H21BrN2O4S/c1-20-17(26)25-21-6-5-18-4-3-10(22)7-14(18)24-16-13(23-2)8-12(19)11(9-21)15(16)18/h3-4,8,10,14,22H,5-7,9H2,1-2H3,(H,20,26)/t10-,14-,18-/m1/s1. The second kappa shape index (κ2) is 6.67. The number of thiocarbonyl (C=S) groups is 1. The van der Waals surface area contributed by atoms with E-state index in [1.165, 1.54) is 0 Å². The Labute approximate surface area is 166 Å². The predicted octanol–water partition coefficient (Wildman–Crippen LogP) is 2.42. The fraction of sp³-hybridized carbons (Fsp3) is 0.500.